The summed E-state index contributed by atoms with van der Waals surface area (Å²) in [4.78, 5) is 0. The van der Waals surface area contributed by atoms with Crippen LogP contribution in [-0.2, 0) is 0 Å². The van der Waals surface area contributed by atoms with Crippen molar-refractivity contribution in [2.75, 3.05) is 0 Å². The minimum absolute atomic E-state index is 0.361. The molecule has 2 nitrogen and oxygen atoms in total. The van der Waals surface area contributed by atoms with E-state index in [1.165, 1.54) is 12.1 Å². The van der Waals surface area contributed by atoms with Crippen LogP contribution < -0.4 is 4.74 Å². The second-order valence-corrected chi connectivity index (χ2v) is 4.87. The molecule has 2 aromatic carbocycles. The fraction of sp³-hybridized carbons (Fsp3) is 0.143. The summed E-state index contributed by atoms with van der Waals surface area (Å²) in [7, 11) is 0. The quantitative estimate of drug-likeness (QED) is 0.908. The molecule has 0 bridgehead atoms. The predicted octanol–water partition coefficient (Wildman–Crippen LogP) is 4.43. The summed E-state index contributed by atoms with van der Waals surface area (Å²) >= 11 is 3.20. The third kappa shape index (κ3) is 3.31. The van der Waals surface area contributed by atoms with Crippen LogP contribution >= 0.6 is 15.9 Å². The van der Waals surface area contributed by atoms with Crippen LogP contribution in [0.15, 0.2) is 46.9 Å². The Bertz CT molecular complexity index is 518. The molecule has 0 aliphatic heterocycles. The van der Waals surface area contributed by atoms with E-state index >= 15 is 0 Å². The molecule has 2 rings (SSSR count). The molecule has 0 aliphatic carbocycles. The summed E-state index contributed by atoms with van der Waals surface area (Å²) in [6.07, 6.45) is -0.512. The minimum atomic E-state index is -0.512. The largest absolute Gasteiger partial charge is 0.457 e. The van der Waals surface area contributed by atoms with Gasteiger partial charge in [0.2, 0.25) is 0 Å². The van der Waals surface area contributed by atoms with Crippen LogP contribution in [0.2, 0.25) is 0 Å². The molecule has 0 aromatic heterocycles. The summed E-state index contributed by atoms with van der Waals surface area (Å²) in [5.41, 5.74) is 0.808. The van der Waals surface area contributed by atoms with Crippen LogP contribution in [0.5, 0.6) is 11.5 Å². The molecule has 0 saturated heterocycles. The molecule has 1 N–H and O–H groups in total. The van der Waals surface area contributed by atoms with Gasteiger partial charge in [-0.05, 0) is 36.8 Å². The zero-order valence-electron chi connectivity index (χ0n) is 9.73. The fourth-order valence-corrected chi connectivity index (χ4v) is 1.98. The Morgan fingerprint density at radius 2 is 1.78 bits per heavy atom. The molecule has 1 atom stereocenters. The lowest BCUT2D eigenvalue weighted by atomic mass is 10.1. The number of halogens is 2. The first-order valence-electron chi connectivity index (χ1n) is 5.46. The Kier molecular flexibility index (Phi) is 3.99. The van der Waals surface area contributed by atoms with Gasteiger partial charge in [-0.25, -0.2) is 4.39 Å². The third-order valence-electron chi connectivity index (χ3n) is 2.43. The molecule has 2 aromatic rings. The van der Waals surface area contributed by atoms with E-state index in [0.29, 0.717) is 16.0 Å². The van der Waals surface area contributed by atoms with Crippen molar-refractivity contribution in [2.24, 2.45) is 0 Å². The lowest BCUT2D eigenvalue weighted by Crippen LogP contribution is -1.91. The highest BCUT2D eigenvalue weighted by Gasteiger charge is 2.03. The molecule has 0 amide bonds. The summed E-state index contributed by atoms with van der Waals surface area (Å²) in [5.74, 6) is 0.656. The van der Waals surface area contributed by atoms with Gasteiger partial charge in [0.15, 0.2) is 0 Å². The summed E-state index contributed by atoms with van der Waals surface area (Å²) < 4.78 is 19.3. The Labute approximate surface area is 113 Å². The molecule has 94 valence electrons. The van der Waals surface area contributed by atoms with Gasteiger partial charge in [-0.3, -0.25) is 0 Å². The monoisotopic (exact) mass is 310 g/mol. The van der Waals surface area contributed by atoms with Crippen molar-refractivity contribution < 1.29 is 14.2 Å². The van der Waals surface area contributed by atoms with E-state index in [-0.39, 0.29) is 5.82 Å². The normalized spacial score (nSPS) is 12.2. The SMILES string of the molecule is C[C@H](O)c1ccc(Oc2cc(F)cc(Br)c2)cc1. The molecule has 0 aliphatic rings. The zero-order valence-corrected chi connectivity index (χ0v) is 11.3. The fourth-order valence-electron chi connectivity index (χ4n) is 1.54. The highest BCUT2D eigenvalue weighted by molar-refractivity contribution is 9.10. The molecule has 18 heavy (non-hydrogen) atoms. The van der Waals surface area contributed by atoms with Crippen molar-refractivity contribution in [3.63, 3.8) is 0 Å². The average Bonchev–Trinajstić information content (AvgIpc) is 2.28. The molecule has 4 heteroatoms. The maximum Gasteiger partial charge on any atom is 0.131 e. The maximum atomic E-state index is 13.2. The number of hydrogen-bond acceptors (Lipinski definition) is 2. The smallest absolute Gasteiger partial charge is 0.131 e. The van der Waals surface area contributed by atoms with Gasteiger partial charge in [0.25, 0.3) is 0 Å². The first-order valence-corrected chi connectivity index (χ1v) is 6.26. The van der Waals surface area contributed by atoms with Gasteiger partial charge in [0.1, 0.15) is 17.3 Å². The van der Waals surface area contributed by atoms with E-state index in [2.05, 4.69) is 15.9 Å². The van der Waals surface area contributed by atoms with E-state index in [4.69, 9.17) is 4.74 Å². The summed E-state index contributed by atoms with van der Waals surface area (Å²) in [6, 6.07) is 11.4. The lowest BCUT2D eigenvalue weighted by Gasteiger charge is -2.08. The van der Waals surface area contributed by atoms with Gasteiger partial charge in [-0.1, -0.05) is 28.1 Å². The lowest BCUT2D eigenvalue weighted by molar-refractivity contribution is 0.199. The van der Waals surface area contributed by atoms with Crippen molar-refractivity contribution in [1.82, 2.24) is 0 Å². The van der Waals surface area contributed by atoms with Gasteiger partial charge in [0.05, 0.1) is 6.10 Å². The van der Waals surface area contributed by atoms with Crippen molar-refractivity contribution in [2.45, 2.75) is 13.0 Å². The Morgan fingerprint density at radius 1 is 1.11 bits per heavy atom. The first kappa shape index (κ1) is 13.1. The summed E-state index contributed by atoms with van der Waals surface area (Å²) in [6.45, 7) is 1.69. The highest BCUT2D eigenvalue weighted by atomic mass is 79.9. The van der Waals surface area contributed by atoms with Crippen LogP contribution in [-0.4, -0.2) is 5.11 Å². The van der Waals surface area contributed by atoms with E-state index in [1.54, 1.807) is 37.3 Å². The molecule has 0 unspecified atom stereocenters. The van der Waals surface area contributed by atoms with E-state index in [1.807, 2.05) is 0 Å². The second kappa shape index (κ2) is 5.50. The Balaban J connectivity index is 2.18. The Morgan fingerprint density at radius 3 is 2.33 bits per heavy atom. The summed E-state index contributed by atoms with van der Waals surface area (Å²) in [5, 5.41) is 9.38. The van der Waals surface area contributed by atoms with Gasteiger partial charge in [0, 0.05) is 10.5 Å². The van der Waals surface area contributed by atoms with Crippen molar-refractivity contribution in [1.29, 1.82) is 0 Å². The van der Waals surface area contributed by atoms with Crippen LogP contribution in [0.25, 0.3) is 0 Å². The van der Waals surface area contributed by atoms with Crippen LogP contribution in [0, 0.1) is 5.82 Å². The molecule has 0 fully saturated rings. The third-order valence-corrected chi connectivity index (χ3v) is 2.89. The topological polar surface area (TPSA) is 29.5 Å². The zero-order chi connectivity index (χ0) is 13.1. The minimum Gasteiger partial charge on any atom is -0.457 e. The number of hydrogen-bond donors (Lipinski definition) is 1. The van der Waals surface area contributed by atoms with Gasteiger partial charge in [-0.15, -0.1) is 0 Å². The highest BCUT2D eigenvalue weighted by Crippen LogP contribution is 2.26. The maximum absolute atomic E-state index is 13.2. The number of ether oxygens (including phenoxy) is 1. The van der Waals surface area contributed by atoms with Crippen LogP contribution in [0.3, 0.4) is 0 Å². The van der Waals surface area contributed by atoms with Gasteiger partial charge >= 0.3 is 0 Å². The first-order chi connectivity index (χ1) is 8.54. The number of aliphatic hydroxyl groups excluding tert-OH is 1. The molecular weight excluding hydrogens is 299 g/mol. The van der Waals surface area contributed by atoms with Crippen LogP contribution in [0.4, 0.5) is 4.39 Å². The van der Waals surface area contributed by atoms with Crippen molar-refractivity contribution in [3.05, 3.63) is 58.3 Å². The number of aliphatic hydroxyl groups is 1. The van der Waals surface area contributed by atoms with E-state index in [0.717, 1.165) is 5.56 Å². The predicted molar refractivity (Wildman–Crippen MR) is 71.2 cm³/mol. The van der Waals surface area contributed by atoms with Crippen molar-refractivity contribution >= 4 is 15.9 Å². The molecule has 0 spiro atoms. The van der Waals surface area contributed by atoms with Gasteiger partial charge in [-0.2, -0.15) is 0 Å². The molecule has 0 heterocycles. The van der Waals surface area contributed by atoms with E-state index < -0.39 is 6.10 Å². The molecule has 0 radical (unpaired) electrons. The second-order valence-electron chi connectivity index (χ2n) is 3.95. The van der Waals surface area contributed by atoms with Crippen LogP contribution in [0.1, 0.15) is 18.6 Å². The molecular formula is C14H12BrFO2. The number of rotatable bonds is 3. The van der Waals surface area contributed by atoms with E-state index in [9.17, 15) is 9.50 Å². The average molecular weight is 311 g/mol. The molecule has 0 saturated carbocycles. The van der Waals surface area contributed by atoms with Crippen molar-refractivity contribution in [3.8, 4) is 11.5 Å². The number of benzene rings is 2. The Hall–Kier alpha value is -1.39. The standard InChI is InChI=1S/C14H12BrFO2/c1-9(17)10-2-4-13(5-3-10)18-14-7-11(15)6-12(16)8-14/h2-9,17H,1H3/t9-/m0/s1. The van der Waals surface area contributed by atoms with Gasteiger partial charge < -0.3 is 9.84 Å².